The van der Waals surface area contributed by atoms with Crippen molar-refractivity contribution in [1.29, 1.82) is 0 Å². The standard InChI is InChI=1S/C12H13FN2O2S/c1-2-15-10-4-3-8(13)5-9(10)14-11(15)6-18-7-12(16)17/h3-5H,2,6-7H2,1H3,(H,16,17). The van der Waals surface area contributed by atoms with Crippen LogP contribution < -0.4 is 0 Å². The van der Waals surface area contributed by atoms with Crippen molar-refractivity contribution >= 4 is 28.8 Å². The molecule has 2 rings (SSSR count). The first kappa shape index (κ1) is 12.9. The molecule has 0 fully saturated rings. The van der Waals surface area contributed by atoms with E-state index < -0.39 is 5.97 Å². The van der Waals surface area contributed by atoms with Gasteiger partial charge in [-0.1, -0.05) is 0 Å². The van der Waals surface area contributed by atoms with E-state index in [1.165, 1.54) is 23.9 Å². The predicted molar refractivity (Wildman–Crippen MR) is 69.2 cm³/mol. The molecule has 0 bridgehead atoms. The van der Waals surface area contributed by atoms with E-state index in [-0.39, 0.29) is 11.6 Å². The van der Waals surface area contributed by atoms with E-state index in [1.807, 2.05) is 11.5 Å². The molecule has 1 N–H and O–H groups in total. The Morgan fingerprint density at radius 1 is 1.56 bits per heavy atom. The molecule has 1 aromatic carbocycles. The molecule has 0 saturated carbocycles. The lowest BCUT2D eigenvalue weighted by Gasteiger charge is -2.04. The van der Waals surface area contributed by atoms with Gasteiger partial charge in [-0.05, 0) is 19.1 Å². The highest BCUT2D eigenvalue weighted by molar-refractivity contribution is 7.99. The number of carboxylic acid groups (broad SMARTS) is 1. The molecule has 4 nitrogen and oxygen atoms in total. The zero-order valence-electron chi connectivity index (χ0n) is 9.89. The van der Waals surface area contributed by atoms with Crippen LogP contribution in [0.15, 0.2) is 18.2 Å². The molecule has 0 radical (unpaired) electrons. The summed E-state index contributed by atoms with van der Waals surface area (Å²) in [5.41, 5.74) is 1.49. The molecular formula is C12H13FN2O2S. The van der Waals surface area contributed by atoms with Crippen LogP contribution in [0.4, 0.5) is 4.39 Å². The van der Waals surface area contributed by atoms with Crippen molar-refractivity contribution in [2.45, 2.75) is 19.2 Å². The van der Waals surface area contributed by atoms with Gasteiger partial charge >= 0.3 is 5.97 Å². The van der Waals surface area contributed by atoms with Gasteiger partial charge in [0.15, 0.2) is 0 Å². The smallest absolute Gasteiger partial charge is 0.313 e. The molecule has 96 valence electrons. The Morgan fingerprint density at radius 2 is 2.33 bits per heavy atom. The number of aryl methyl sites for hydroxylation is 1. The SMILES string of the molecule is CCn1c(CSCC(=O)O)nc2cc(F)ccc21. The van der Waals surface area contributed by atoms with E-state index in [9.17, 15) is 9.18 Å². The summed E-state index contributed by atoms with van der Waals surface area (Å²) in [5, 5.41) is 8.60. The molecule has 0 unspecified atom stereocenters. The quantitative estimate of drug-likeness (QED) is 0.905. The number of hydrogen-bond acceptors (Lipinski definition) is 3. The van der Waals surface area contributed by atoms with E-state index in [2.05, 4.69) is 4.98 Å². The fourth-order valence-electron chi connectivity index (χ4n) is 1.85. The third kappa shape index (κ3) is 2.64. The van der Waals surface area contributed by atoms with Crippen molar-refractivity contribution in [3.8, 4) is 0 Å². The molecule has 0 aliphatic rings. The van der Waals surface area contributed by atoms with Crippen molar-refractivity contribution in [3.05, 3.63) is 29.8 Å². The number of halogens is 1. The summed E-state index contributed by atoms with van der Waals surface area (Å²) in [6.07, 6.45) is 0. The number of carboxylic acids is 1. The van der Waals surface area contributed by atoms with Crippen LogP contribution in [0, 0.1) is 5.82 Å². The predicted octanol–water partition coefficient (Wildman–Crippen LogP) is 2.51. The summed E-state index contributed by atoms with van der Waals surface area (Å²) in [6, 6.07) is 4.50. The first-order valence-corrected chi connectivity index (χ1v) is 6.71. The molecule has 1 aromatic heterocycles. The van der Waals surface area contributed by atoms with Gasteiger partial charge in [0.1, 0.15) is 11.6 Å². The topological polar surface area (TPSA) is 55.1 Å². The maximum Gasteiger partial charge on any atom is 0.313 e. The van der Waals surface area contributed by atoms with Gasteiger partial charge in [0.25, 0.3) is 0 Å². The third-order valence-corrected chi connectivity index (χ3v) is 3.48. The summed E-state index contributed by atoms with van der Waals surface area (Å²) in [7, 11) is 0. The maximum atomic E-state index is 13.1. The van der Waals surface area contributed by atoms with Crippen LogP contribution >= 0.6 is 11.8 Å². The second-order valence-electron chi connectivity index (χ2n) is 3.79. The lowest BCUT2D eigenvalue weighted by atomic mass is 10.3. The van der Waals surface area contributed by atoms with E-state index in [4.69, 9.17) is 5.11 Å². The second-order valence-corrected chi connectivity index (χ2v) is 4.78. The van der Waals surface area contributed by atoms with Crippen LogP contribution in [0.3, 0.4) is 0 Å². The Balaban J connectivity index is 2.29. The largest absolute Gasteiger partial charge is 0.481 e. The molecule has 0 spiro atoms. The Morgan fingerprint density at radius 3 is 3.00 bits per heavy atom. The third-order valence-electron chi connectivity index (χ3n) is 2.56. The number of rotatable bonds is 5. The Hall–Kier alpha value is -1.56. The first-order chi connectivity index (χ1) is 8.61. The van der Waals surface area contributed by atoms with Crippen molar-refractivity contribution < 1.29 is 14.3 Å². The van der Waals surface area contributed by atoms with Crippen LogP contribution in [0.2, 0.25) is 0 Å². The highest BCUT2D eigenvalue weighted by Crippen LogP contribution is 2.20. The van der Waals surface area contributed by atoms with Crippen molar-refractivity contribution in [1.82, 2.24) is 9.55 Å². The molecule has 0 amide bonds. The number of imidazole rings is 1. The van der Waals surface area contributed by atoms with E-state index >= 15 is 0 Å². The van der Waals surface area contributed by atoms with Gasteiger partial charge in [-0.3, -0.25) is 4.79 Å². The molecule has 18 heavy (non-hydrogen) atoms. The van der Waals surface area contributed by atoms with E-state index in [0.29, 0.717) is 11.3 Å². The summed E-state index contributed by atoms with van der Waals surface area (Å²) >= 11 is 1.29. The molecule has 0 aliphatic carbocycles. The van der Waals surface area contributed by atoms with Crippen LogP contribution in [0.25, 0.3) is 11.0 Å². The number of nitrogens with zero attached hydrogens (tertiary/aromatic N) is 2. The average molecular weight is 268 g/mol. The molecule has 6 heteroatoms. The number of aromatic nitrogens is 2. The second kappa shape index (κ2) is 5.39. The summed E-state index contributed by atoms with van der Waals surface area (Å²) in [6.45, 7) is 2.71. The normalized spacial score (nSPS) is 11.0. The van der Waals surface area contributed by atoms with Crippen molar-refractivity contribution in [2.24, 2.45) is 0 Å². The summed E-state index contributed by atoms with van der Waals surface area (Å²) in [4.78, 5) is 14.8. The zero-order valence-corrected chi connectivity index (χ0v) is 10.7. The lowest BCUT2D eigenvalue weighted by Crippen LogP contribution is -2.03. The van der Waals surface area contributed by atoms with Crippen LogP contribution in [0.5, 0.6) is 0 Å². The van der Waals surface area contributed by atoms with Gasteiger partial charge in [-0.2, -0.15) is 0 Å². The van der Waals surface area contributed by atoms with Gasteiger partial charge in [0, 0.05) is 12.6 Å². The molecule has 0 aliphatic heterocycles. The van der Waals surface area contributed by atoms with Crippen LogP contribution in [-0.2, 0) is 17.1 Å². The zero-order chi connectivity index (χ0) is 13.1. The lowest BCUT2D eigenvalue weighted by molar-refractivity contribution is -0.133. The molecule has 1 heterocycles. The Bertz CT molecular complexity index is 583. The van der Waals surface area contributed by atoms with E-state index in [1.54, 1.807) is 6.07 Å². The summed E-state index contributed by atoms with van der Waals surface area (Å²) in [5.74, 6) is 0.181. The minimum Gasteiger partial charge on any atom is -0.481 e. The highest BCUT2D eigenvalue weighted by atomic mass is 32.2. The van der Waals surface area contributed by atoms with Gasteiger partial charge in [-0.25, -0.2) is 9.37 Å². The number of aliphatic carboxylic acids is 1. The van der Waals surface area contributed by atoms with Gasteiger partial charge < -0.3 is 9.67 Å². The van der Waals surface area contributed by atoms with Crippen molar-refractivity contribution in [3.63, 3.8) is 0 Å². The number of thioether (sulfide) groups is 1. The van der Waals surface area contributed by atoms with Gasteiger partial charge in [0.2, 0.25) is 0 Å². The molecule has 0 saturated heterocycles. The molecular weight excluding hydrogens is 255 g/mol. The number of hydrogen-bond donors (Lipinski definition) is 1. The average Bonchev–Trinajstić information content (AvgIpc) is 2.65. The Labute approximate surface area is 108 Å². The first-order valence-electron chi connectivity index (χ1n) is 5.56. The number of carbonyl (C=O) groups is 1. The van der Waals surface area contributed by atoms with Crippen molar-refractivity contribution in [2.75, 3.05) is 5.75 Å². The molecule has 2 aromatic rings. The number of fused-ring (bicyclic) bond motifs is 1. The molecule has 0 atom stereocenters. The van der Waals surface area contributed by atoms with E-state index in [0.717, 1.165) is 17.9 Å². The fraction of sp³-hybridized carbons (Fsp3) is 0.333. The number of benzene rings is 1. The monoisotopic (exact) mass is 268 g/mol. The van der Waals surface area contributed by atoms with Crippen LogP contribution in [0.1, 0.15) is 12.7 Å². The fourth-order valence-corrected chi connectivity index (χ4v) is 2.53. The van der Waals surface area contributed by atoms with Gasteiger partial charge in [0.05, 0.1) is 22.5 Å². The minimum atomic E-state index is -0.842. The van der Waals surface area contributed by atoms with Gasteiger partial charge in [-0.15, -0.1) is 11.8 Å². The van der Waals surface area contributed by atoms with Crippen LogP contribution in [-0.4, -0.2) is 26.4 Å². The summed E-state index contributed by atoms with van der Waals surface area (Å²) < 4.78 is 15.1. The Kier molecular flexibility index (Phi) is 3.86. The maximum absolute atomic E-state index is 13.1. The minimum absolute atomic E-state index is 0.0429. The highest BCUT2D eigenvalue weighted by Gasteiger charge is 2.10.